The molecule has 2 aromatic carbocycles. The van der Waals surface area contributed by atoms with E-state index in [0.717, 1.165) is 43.6 Å². The molecule has 1 spiro atoms. The number of ether oxygens (including phenoxy) is 1. The molecule has 0 radical (unpaired) electrons. The number of aliphatic hydroxyl groups excluding tert-OH is 1. The lowest BCUT2D eigenvalue weighted by atomic mass is 9.73. The number of carbonyl (C=O) groups excluding carboxylic acids is 1. The maximum Gasteiger partial charge on any atom is 0.228 e. The lowest BCUT2D eigenvalue weighted by Gasteiger charge is -2.42. The van der Waals surface area contributed by atoms with E-state index in [9.17, 15) is 9.90 Å². The molecule has 8 nitrogen and oxygen atoms in total. The maximum absolute atomic E-state index is 11.5. The number of rotatable bonds is 4. The second kappa shape index (κ2) is 9.51. The number of hydrogen-bond acceptors (Lipinski definition) is 7. The zero-order valence-electron chi connectivity index (χ0n) is 20.5. The molecule has 37 heavy (non-hydrogen) atoms. The lowest BCUT2D eigenvalue weighted by Crippen LogP contribution is -2.45. The van der Waals surface area contributed by atoms with Crippen LogP contribution in [0, 0.1) is 17.3 Å². The molecule has 1 amide bonds. The van der Waals surface area contributed by atoms with Crippen molar-refractivity contribution in [3.05, 3.63) is 76.7 Å². The van der Waals surface area contributed by atoms with Gasteiger partial charge >= 0.3 is 0 Å². The lowest BCUT2D eigenvalue weighted by molar-refractivity contribution is -0.115. The molecule has 1 aliphatic carbocycles. The molecule has 6 rings (SSSR count). The first-order chi connectivity index (χ1) is 18.0. The van der Waals surface area contributed by atoms with Gasteiger partial charge in [-0.2, -0.15) is 0 Å². The first-order valence-corrected chi connectivity index (χ1v) is 12.6. The van der Waals surface area contributed by atoms with E-state index in [1.165, 1.54) is 11.1 Å². The van der Waals surface area contributed by atoms with E-state index in [-0.39, 0.29) is 30.6 Å². The van der Waals surface area contributed by atoms with Crippen molar-refractivity contribution in [2.24, 2.45) is 11.1 Å². The highest BCUT2D eigenvalue weighted by Gasteiger charge is 2.46. The SMILES string of the molecule is N[C@@H]1c2ccccc2CC12CCN(c1ncc(C#CCOc3ccc4c(c3)NC(=O)C4)nc1CO)CC2. The number of nitrogens with zero attached hydrogens (tertiary/aromatic N) is 3. The molecule has 1 fully saturated rings. The number of aliphatic hydroxyl groups is 1. The Hall–Kier alpha value is -3.93. The van der Waals surface area contributed by atoms with Crippen LogP contribution in [0.4, 0.5) is 11.5 Å². The van der Waals surface area contributed by atoms with E-state index >= 15 is 0 Å². The van der Waals surface area contributed by atoms with E-state index in [1.807, 2.05) is 12.1 Å². The number of carbonyl (C=O) groups is 1. The van der Waals surface area contributed by atoms with E-state index < -0.39 is 0 Å². The number of anilines is 2. The van der Waals surface area contributed by atoms with Gasteiger partial charge in [-0.15, -0.1) is 0 Å². The highest BCUT2D eigenvalue weighted by atomic mass is 16.5. The van der Waals surface area contributed by atoms with Crippen LogP contribution in [-0.4, -0.2) is 40.7 Å². The van der Waals surface area contributed by atoms with Crippen molar-refractivity contribution in [3.63, 3.8) is 0 Å². The molecule has 3 aromatic rings. The van der Waals surface area contributed by atoms with Gasteiger partial charge in [0.2, 0.25) is 5.91 Å². The Labute approximate surface area is 215 Å². The summed E-state index contributed by atoms with van der Waals surface area (Å²) in [5.41, 5.74) is 12.2. The molecule has 3 aliphatic rings. The summed E-state index contributed by atoms with van der Waals surface area (Å²) in [6.07, 6.45) is 5.01. The Balaban J connectivity index is 1.09. The minimum Gasteiger partial charge on any atom is -0.481 e. The van der Waals surface area contributed by atoms with Crippen LogP contribution in [0.15, 0.2) is 48.7 Å². The summed E-state index contributed by atoms with van der Waals surface area (Å²) in [7, 11) is 0. The second-order valence-corrected chi connectivity index (χ2v) is 10.0. The number of hydrogen-bond donors (Lipinski definition) is 3. The molecule has 0 saturated carbocycles. The number of aromatic nitrogens is 2. The second-order valence-electron chi connectivity index (χ2n) is 10.0. The first-order valence-electron chi connectivity index (χ1n) is 12.6. The highest BCUT2D eigenvalue weighted by molar-refractivity contribution is 5.99. The Morgan fingerprint density at radius 1 is 1.19 bits per heavy atom. The Kier molecular flexibility index (Phi) is 6.03. The number of nitrogens with one attached hydrogen (secondary N) is 1. The van der Waals surface area contributed by atoms with Crippen LogP contribution in [0.25, 0.3) is 0 Å². The fourth-order valence-electron chi connectivity index (χ4n) is 5.85. The Morgan fingerprint density at radius 2 is 2.03 bits per heavy atom. The molecule has 0 unspecified atom stereocenters. The minimum atomic E-state index is -0.207. The average Bonchev–Trinajstić information content (AvgIpc) is 3.43. The number of benzene rings is 2. The predicted octanol–water partition coefficient (Wildman–Crippen LogP) is 2.74. The Bertz CT molecular complexity index is 1420. The summed E-state index contributed by atoms with van der Waals surface area (Å²) in [6.45, 7) is 1.61. The van der Waals surface area contributed by atoms with E-state index in [2.05, 4.69) is 56.3 Å². The summed E-state index contributed by atoms with van der Waals surface area (Å²) in [4.78, 5) is 22.9. The fourth-order valence-corrected chi connectivity index (χ4v) is 5.85. The van der Waals surface area contributed by atoms with Crippen molar-refractivity contribution in [3.8, 4) is 17.6 Å². The van der Waals surface area contributed by atoms with Gasteiger partial charge in [0.25, 0.3) is 0 Å². The van der Waals surface area contributed by atoms with Gasteiger partial charge < -0.3 is 25.8 Å². The molecule has 8 heteroatoms. The first kappa shape index (κ1) is 23.5. The molecule has 188 valence electrons. The van der Waals surface area contributed by atoms with Crippen LogP contribution in [0.5, 0.6) is 5.75 Å². The molecular weight excluding hydrogens is 466 g/mol. The molecule has 1 atom stereocenters. The van der Waals surface area contributed by atoms with Gasteiger partial charge in [-0.3, -0.25) is 4.79 Å². The minimum absolute atomic E-state index is 0.00890. The zero-order valence-corrected chi connectivity index (χ0v) is 20.5. The largest absolute Gasteiger partial charge is 0.481 e. The van der Waals surface area contributed by atoms with Crippen molar-refractivity contribution in [1.29, 1.82) is 0 Å². The van der Waals surface area contributed by atoms with Crippen LogP contribution in [0.2, 0.25) is 0 Å². The summed E-state index contributed by atoms with van der Waals surface area (Å²) in [6, 6.07) is 14.1. The van der Waals surface area contributed by atoms with E-state index in [0.29, 0.717) is 29.4 Å². The van der Waals surface area contributed by atoms with Crippen LogP contribution in [0.3, 0.4) is 0 Å². The fraction of sp³-hybridized carbons (Fsp3) is 0.345. The van der Waals surface area contributed by atoms with E-state index in [1.54, 1.807) is 12.3 Å². The topological polar surface area (TPSA) is 114 Å². The zero-order chi connectivity index (χ0) is 25.4. The quantitative estimate of drug-likeness (QED) is 0.477. The van der Waals surface area contributed by atoms with Crippen molar-refractivity contribution >= 4 is 17.4 Å². The standard InChI is InChI=1S/C29H29N5O3/c30-27-23-6-2-1-4-20(23)16-29(27)9-11-34(12-10-29)28-25(18-35)32-21(17-31-28)5-3-13-37-22-8-7-19-14-26(36)33-24(19)15-22/h1-2,4,6-8,15,17,27,35H,9-14,16,18,30H2,(H,33,36)/t27-/m1/s1. The monoisotopic (exact) mass is 495 g/mol. The Morgan fingerprint density at radius 3 is 2.84 bits per heavy atom. The molecule has 4 N–H and O–H groups in total. The van der Waals surface area contributed by atoms with E-state index in [4.69, 9.17) is 10.5 Å². The van der Waals surface area contributed by atoms with Crippen molar-refractivity contribution < 1.29 is 14.6 Å². The van der Waals surface area contributed by atoms with Gasteiger partial charge in [0, 0.05) is 30.9 Å². The molecule has 1 saturated heterocycles. The van der Waals surface area contributed by atoms with Crippen molar-refractivity contribution in [2.45, 2.75) is 38.3 Å². The maximum atomic E-state index is 11.5. The van der Waals surface area contributed by atoms with Gasteiger partial charge in [0.05, 0.1) is 19.2 Å². The van der Waals surface area contributed by atoms with Gasteiger partial charge in [0.15, 0.2) is 5.82 Å². The van der Waals surface area contributed by atoms with Crippen LogP contribution >= 0.6 is 0 Å². The van der Waals surface area contributed by atoms with Crippen LogP contribution in [0.1, 0.15) is 47.0 Å². The third-order valence-corrected chi connectivity index (χ3v) is 7.86. The third kappa shape index (κ3) is 4.41. The average molecular weight is 496 g/mol. The smallest absolute Gasteiger partial charge is 0.228 e. The van der Waals surface area contributed by atoms with Gasteiger partial charge in [0.1, 0.15) is 23.7 Å². The molecule has 2 aliphatic heterocycles. The molecular formula is C29H29N5O3. The summed E-state index contributed by atoms with van der Waals surface area (Å²) >= 11 is 0. The number of amides is 1. The third-order valence-electron chi connectivity index (χ3n) is 7.86. The normalized spacial score (nSPS) is 19.1. The summed E-state index contributed by atoms with van der Waals surface area (Å²) in [5.74, 6) is 7.26. The van der Waals surface area contributed by atoms with Crippen molar-refractivity contribution in [2.75, 3.05) is 29.9 Å². The predicted molar refractivity (Wildman–Crippen MR) is 140 cm³/mol. The van der Waals surface area contributed by atoms with Gasteiger partial charge in [-0.25, -0.2) is 9.97 Å². The van der Waals surface area contributed by atoms with Crippen LogP contribution in [-0.2, 0) is 24.2 Å². The summed E-state index contributed by atoms with van der Waals surface area (Å²) in [5, 5.41) is 12.8. The number of nitrogens with two attached hydrogens (primary N) is 1. The van der Waals surface area contributed by atoms with Gasteiger partial charge in [-0.05, 0) is 53.4 Å². The molecule has 0 bridgehead atoms. The number of piperidine rings is 1. The summed E-state index contributed by atoms with van der Waals surface area (Å²) < 4.78 is 5.70. The van der Waals surface area contributed by atoms with Gasteiger partial charge in [-0.1, -0.05) is 36.3 Å². The molecule has 3 heterocycles. The van der Waals surface area contributed by atoms with Crippen molar-refractivity contribution in [1.82, 2.24) is 9.97 Å². The van der Waals surface area contributed by atoms with Crippen LogP contribution < -0.4 is 20.7 Å². The molecule has 1 aromatic heterocycles. The highest BCUT2D eigenvalue weighted by Crippen LogP contribution is 2.51. The number of fused-ring (bicyclic) bond motifs is 2.